The number of ether oxygens (including phenoxy) is 1. The Bertz CT molecular complexity index is 941. The third-order valence-electron chi connectivity index (χ3n) is 4.13. The molecule has 0 saturated carbocycles. The molecule has 5 nitrogen and oxygen atoms in total. The van der Waals surface area contributed by atoms with Crippen LogP contribution in [-0.2, 0) is 19.6 Å². The first-order chi connectivity index (χ1) is 12.5. The van der Waals surface area contributed by atoms with Gasteiger partial charge in [-0.1, -0.05) is 54.1 Å². The number of hydrogen-bond donors (Lipinski definition) is 0. The summed E-state index contributed by atoms with van der Waals surface area (Å²) in [6, 6.07) is 14.2. The molecule has 26 heavy (non-hydrogen) atoms. The zero-order valence-electron chi connectivity index (χ0n) is 14.1. The van der Waals surface area contributed by atoms with Crippen LogP contribution in [0.1, 0.15) is 18.5 Å². The Morgan fingerprint density at radius 3 is 2.46 bits per heavy atom. The van der Waals surface area contributed by atoms with E-state index in [0.29, 0.717) is 10.6 Å². The summed E-state index contributed by atoms with van der Waals surface area (Å²) in [7, 11) is -3.82. The summed E-state index contributed by atoms with van der Waals surface area (Å²) >= 11 is 6.31. The van der Waals surface area contributed by atoms with E-state index < -0.39 is 22.0 Å². The van der Waals surface area contributed by atoms with Gasteiger partial charge in [-0.3, -0.25) is 0 Å². The highest BCUT2D eigenvalue weighted by molar-refractivity contribution is 7.89. The standard InChI is InChI=1S/C19H18ClNO4S/c1-2-25-19(22)16-12-13-21(18(16)15-10-6-7-11-17(15)20)26(23,24)14-8-4-3-5-9-14/h3-12,18H,2,13H2,1H3. The van der Waals surface area contributed by atoms with Gasteiger partial charge in [0, 0.05) is 11.6 Å². The van der Waals surface area contributed by atoms with E-state index in [1.807, 2.05) is 0 Å². The van der Waals surface area contributed by atoms with E-state index >= 15 is 0 Å². The maximum Gasteiger partial charge on any atom is 0.335 e. The zero-order valence-corrected chi connectivity index (χ0v) is 15.7. The number of nitrogens with zero attached hydrogens (tertiary/aromatic N) is 1. The van der Waals surface area contributed by atoms with Crippen LogP contribution in [0.4, 0.5) is 0 Å². The van der Waals surface area contributed by atoms with E-state index in [1.54, 1.807) is 55.5 Å². The lowest BCUT2D eigenvalue weighted by Crippen LogP contribution is -2.33. The predicted molar refractivity (Wildman–Crippen MR) is 99.2 cm³/mol. The molecule has 1 aliphatic rings. The lowest BCUT2D eigenvalue weighted by atomic mass is 10.0. The fourth-order valence-corrected chi connectivity index (χ4v) is 4.74. The minimum Gasteiger partial charge on any atom is -0.463 e. The minimum absolute atomic E-state index is 0.0707. The highest BCUT2D eigenvalue weighted by Gasteiger charge is 2.41. The fourth-order valence-electron chi connectivity index (χ4n) is 2.95. The molecule has 0 radical (unpaired) electrons. The lowest BCUT2D eigenvalue weighted by molar-refractivity contribution is -0.138. The van der Waals surface area contributed by atoms with Gasteiger partial charge >= 0.3 is 5.97 Å². The first kappa shape index (κ1) is 18.6. The largest absolute Gasteiger partial charge is 0.463 e. The minimum atomic E-state index is -3.82. The van der Waals surface area contributed by atoms with Crippen molar-refractivity contribution in [2.24, 2.45) is 0 Å². The summed E-state index contributed by atoms with van der Waals surface area (Å²) in [4.78, 5) is 12.6. The van der Waals surface area contributed by atoms with Crippen LogP contribution in [0.5, 0.6) is 0 Å². The van der Waals surface area contributed by atoms with Crippen molar-refractivity contribution in [3.8, 4) is 0 Å². The molecule has 1 atom stereocenters. The summed E-state index contributed by atoms with van der Waals surface area (Å²) in [6.07, 6.45) is 1.59. The second-order valence-electron chi connectivity index (χ2n) is 5.69. The van der Waals surface area contributed by atoms with E-state index in [-0.39, 0.29) is 23.6 Å². The van der Waals surface area contributed by atoms with Gasteiger partial charge in [0.2, 0.25) is 10.0 Å². The number of hydrogen-bond acceptors (Lipinski definition) is 4. The molecule has 0 saturated heterocycles. The van der Waals surface area contributed by atoms with Gasteiger partial charge in [-0.25, -0.2) is 13.2 Å². The number of carbonyl (C=O) groups is 1. The molecule has 0 N–H and O–H groups in total. The Labute approximate surface area is 157 Å². The van der Waals surface area contributed by atoms with E-state index in [0.717, 1.165) is 0 Å². The smallest absolute Gasteiger partial charge is 0.335 e. The second-order valence-corrected chi connectivity index (χ2v) is 7.99. The third-order valence-corrected chi connectivity index (χ3v) is 6.32. The maximum absolute atomic E-state index is 13.2. The average molecular weight is 392 g/mol. The molecule has 0 aromatic heterocycles. The predicted octanol–water partition coefficient (Wildman–Crippen LogP) is 3.58. The van der Waals surface area contributed by atoms with Crippen LogP contribution in [-0.4, -0.2) is 31.8 Å². The van der Waals surface area contributed by atoms with E-state index in [1.165, 1.54) is 16.4 Å². The van der Waals surface area contributed by atoms with E-state index in [2.05, 4.69) is 0 Å². The van der Waals surface area contributed by atoms with Gasteiger partial charge in [-0.05, 0) is 30.7 Å². The Kier molecular flexibility index (Phi) is 5.46. The first-order valence-corrected chi connectivity index (χ1v) is 9.97. The number of sulfonamides is 1. The summed E-state index contributed by atoms with van der Waals surface area (Å²) in [5.41, 5.74) is 0.824. The van der Waals surface area contributed by atoms with Gasteiger partial charge in [-0.2, -0.15) is 4.31 Å². The molecular formula is C19H18ClNO4S. The molecule has 0 aliphatic carbocycles. The maximum atomic E-state index is 13.2. The Morgan fingerprint density at radius 1 is 1.15 bits per heavy atom. The molecule has 0 bridgehead atoms. The van der Waals surface area contributed by atoms with Gasteiger partial charge < -0.3 is 4.74 Å². The van der Waals surface area contributed by atoms with Crippen LogP contribution in [0, 0.1) is 0 Å². The summed E-state index contributed by atoms with van der Waals surface area (Å²) < 4.78 is 32.7. The first-order valence-electron chi connectivity index (χ1n) is 8.15. The molecule has 7 heteroatoms. The van der Waals surface area contributed by atoms with Crippen molar-refractivity contribution >= 4 is 27.6 Å². The molecule has 0 spiro atoms. The molecule has 0 fully saturated rings. The van der Waals surface area contributed by atoms with Crippen LogP contribution in [0.2, 0.25) is 5.02 Å². The molecule has 2 aromatic carbocycles. The van der Waals surface area contributed by atoms with Crippen molar-refractivity contribution in [3.63, 3.8) is 0 Å². The Morgan fingerprint density at radius 2 is 1.81 bits per heavy atom. The molecular weight excluding hydrogens is 374 g/mol. The molecule has 0 amide bonds. The topological polar surface area (TPSA) is 63.7 Å². The van der Waals surface area contributed by atoms with E-state index in [9.17, 15) is 13.2 Å². The van der Waals surface area contributed by atoms with Crippen molar-refractivity contribution in [2.75, 3.05) is 13.2 Å². The van der Waals surface area contributed by atoms with E-state index in [4.69, 9.17) is 16.3 Å². The number of rotatable bonds is 5. The SMILES string of the molecule is CCOC(=O)C1=CCN(S(=O)(=O)c2ccccc2)C1c1ccccc1Cl. The van der Waals surface area contributed by atoms with Crippen molar-refractivity contribution < 1.29 is 17.9 Å². The van der Waals surface area contributed by atoms with Crippen LogP contribution in [0.3, 0.4) is 0 Å². The zero-order chi connectivity index (χ0) is 18.7. The molecule has 1 unspecified atom stereocenters. The van der Waals surface area contributed by atoms with Crippen LogP contribution < -0.4 is 0 Å². The Balaban J connectivity index is 2.09. The molecule has 136 valence electrons. The number of benzene rings is 2. The molecule has 1 aliphatic heterocycles. The van der Waals surface area contributed by atoms with Crippen molar-refractivity contribution in [3.05, 3.63) is 76.8 Å². The second kappa shape index (κ2) is 7.61. The molecule has 2 aromatic rings. The van der Waals surface area contributed by atoms with Crippen LogP contribution in [0.15, 0.2) is 71.1 Å². The number of esters is 1. The van der Waals surface area contributed by atoms with Gasteiger partial charge in [-0.15, -0.1) is 0 Å². The fraction of sp³-hybridized carbons (Fsp3) is 0.211. The summed E-state index contributed by atoms with van der Waals surface area (Å²) in [5.74, 6) is -0.539. The third kappa shape index (κ3) is 3.40. The van der Waals surface area contributed by atoms with Crippen molar-refractivity contribution in [1.29, 1.82) is 0 Å². The summed E-state index contributed by atoms with van der Waals surface area (Å²) in [6.45, 7) is 1.98. The quantitative estimate of drug-likeness (QED) is 0.731. The Hall–Kier alpha value is -2.15. The van der Waals surface area contributed by atoms with Crippen molar-refractivity contribution in [1.82, 2.24) is 4.31 Å². The number of halogens is 1. The highest BCUT2D eigenvalue weighted by atomic mass is 35.5. The monoisotopic (exact) mass is 391 g/mol. The van der Waals surface area contributed by atoms with Crippen LogP contribution in [0.25, 0.3) is 0 Å². The van der Waals surface area contributed by atoms with Gasteiger partial charge in [0.05, 0.1) is 23.1 Å². The van der Waals surface area contributed by atoms with Crippen molar-refractivity contribution in [2.45, 2.75) is 17.9 Å². The van der Waals surface area contributed by atoms with Gasteiger partial charge in [0.1, 0.15) is 0 Å². The summed E-state index contributed by atoms with van der Waals surface area (Å²) in [5, 5.41) is 0.392. The lowest BCUT2D eigenvalue weighted by Gasteiger charge is -2.27. The average Bonchev–Trinajstić information content (AvgIpc) is 3.09. The molecule has 3 rings (SSSR count). The van der Waals surface area contributed by atoms with Gasteiger partial charge in [0.25, 0.3) is 0 Å². The van der Waals surface area contributed by atoms with Gasteiger partial charge in [0.15, 0.2) is 0 Å². The molecule has 1 heterocycles. The normalized spacial score (nSPS) is 17.8. The number of carbonyl (C=O) groups excluding carboxylic acids is 1. The highest BCUT2D eigenvalue weighted by Crippen LogP contribution is 2.40. The van der Waals surface area contributed by atoms with Crippen LogP contribution >= 0.6 is 11.6 Å².